The number of rotatable bonds is 0. The van der Waals surface area contributed by atoms with Crippen molar-refractivity contribution in [3.05, 3.63) is 17.2 Å². The molecule has 0 amide bonds. The molecule has 0 atom stereocenters. The Labute approximate surface area is 62.0 Å². The first-order chi connectivity index (χ1) is 4.56. The van der Waals surface area contributed by atoms with E-state index in [1.165, 1.54) is 6.08 Å². The number of hydrogen-bond donors (Lipinski definition) is 1. The number of hydrogen-bond acceptors (Lipinski definition) is 1. The molecule has 0 aliphatic carbocycles. The molecule has 0 aromatic rings. The molecule has 10 heavy (non-hydrogen) atoms. The standard InChI is InChI=1S/C8H13NO/c1-8(2,3)7-9-5-4-6-10/h4,6H,7H2,1-3H3/p+1. The van der Waals surface area contributed by atoms with E-state index in [4.69, 9.17) is 5.11 Å². The Hall–Kier alpha value is -0.970. The molecule has 0 saturated carbocycles. The fourth-order valence-electron chi connectivity index (χ4n) is 0.369. The van der Waals surface area contributed by atoms with Crippen molar-refractivity contribution in [3.63, 3.8) is 0 Å². The molecule has 0 radical (unpaired) electrons. The summed E-state index contributed by atoms with van der Waals surface area (Å²) in [6.45, 7) is 7.03. The van der Waals surface area contributed by atoms with E-state index < -0.39 is 0 Å². The molecular formula is C8H14NO+. The predicted molar refractivity (Wildman–Crippen MR) is 43.3 cm³/mol. The SMILES string of the molecule is CC(C)(C)C[N+]#CC=CO. The van der Waals surface area contributed by atoms with E-state index >= 15 is 0 Å². The maximum Gasteiger partial charge on any atom is 0.306 e. The molecule has 0 saturated heterocycles. The third-order valence-electron chi connectivity index (χ3n) is 0.794. The monoisotopic (exact) mass is 140 g/mol. The highest BCUT2D eigenvalue weighted by molar-refractivity contribution is 5.06. The van der Waals surface area contributed by atoms with E-state index in [1.807, 2.05) is 0 Å². The van der Waals surface area contributed by atoms with Crippen molar-refractivity contribution in [1.82, 2.24) is 0 Å². The molecular weight excluding hydrogens is 126 g/mol. The maximum absolute atomic E-state index is 8.19. The zero-order valence-electron chi connectivity index (χ0n) is 6.76. The van der Waals surface area contributed by atoms with E-state index in [0.717, 1.165) is 12.8 Å². The zero-order valence-corrected chi connectivity index (χ0v) is 6.76. The average Bonchev–Trinajstić information content (AvgIpc) is 1.78. The second-order valence-corrected chi connectivity index (χ2v) is 3.32. The van der Waals surface area contributed by atoms with Crippen LogP contribution in [0.4, 0.5) is 0 Å². The Kier molecular flexibility index (Phi) is 3.56. The largest absolute Gasteiger partial charge is 0.515 e. The molecule has 0 aliphatic rings. The van der Waals surface area contributed by atoms with Crippen LogP contribution < -0.4 is 0 Å². The average molecular weight is 140 g/mol. The smallest absolute Gasteiger partial charge is 0.306 e. The minimum absolute atomic E-state index is 0.205. The van der Waals surface area contributed by atoms with E-state index in [0.29, 0.717) is 0 Å². The second-order valence-electron chi connectivity index (χ2n) is 3.32. The fourth-order valence-corrected chi connectivity index (χ4v) is 0.369. The van der Waals surface area contributed by atoms with Crippen molar-refractivity contribution in [3.8, 4) is 6.07 Å². The van der Waals surface area contributed by atoms with Gasteiger partial charge < -0.3 is 5.11 Å². The van der Waals surface area contributed by atoms with Crippen molar-refractivity contribution in [2.45, 2.75) is 20.8 Å². The van der Waals surface area contributed by atoms with Crippen LogP contribution in [0.1, 0.15) is 20.8 Å². The van der Waals surface area contributed by atoms with Crippen LogP contribution in [0.5, 0.6) is 0 Å². The van der Waals surface area contributed by atoms with Crippen molar-refractivity contribution < 1.29 is 5.11 Å². The van der Waals surface area contributed by atoms with E-state index in [9.17, 15) is 0 Å². The summed E-state index contributed by atoms with van der Waals surface area (Å²) in [5, 5.41) is 8.19. The number of nitrogens with zero attached hydrogens (tertiary/aromatic N) is 1. The molecule has 0 fully saturated rings. The van der Waals surface area contributed by atoms with Crippen LogP contribution in [-0.4, -0.2) is 11.7 Å². The molecule has 0 aliphatic heterocycles. The van der Waals surface area contributed by atoms with Crippen LogP contribution in [-0.2, 0) is 0 Å². The maximum atomic E-state index is 8.19. The zero-order chi connectivity index (χ0) is 8.04. The van der Waals surface area contributed by atoms with Crippen LogP contribution >= 0.6 is 0 Å². The number of aliphatic hydroxyl groups is 1. The molecule has 0 bridgehead atoms. The Morgan fingerprint density at radius 2 is 2.10 bits per heavy atom. The van der Waals surface area contributed by atoms with Crippen LogP contribution in [0.25, 0.3) is 4.85 Å². The van der Waals surface area contributed by atoms with Crippen LogP contribution in [0.3, 0.4) is 0 Å². The lowest BCUT2D eigenvalue weighted by molar-refractivity contribution is 0.455. The molecule has 0 heterocycles. The normalized spacial score (nSPS) is 11.1. The van der Waals surface area contributed by atoms with Gasteiger partial charge in [-0.2, -0.15) is 0 Å². The molecule has 56 valence electrons. The first-order valence-electron chi connectivity index (χ1n) is 3.27. The summed E-state index contributed by atoms with van der Waals surface area (Å²) < 4.78 is 0. The number of allylic oxidation sites excluding steroid dienone is 1. The van der Waals surface area contributed by atoms with Gasteiger partial charge in [0, 0.05) is 5.41 Å². The molecule has 0 spiro atoms. The summed E-state index contributed by atoms with van der Waals surface area (Å²) >= 11 is 0. The van der Waals surface area contributed by atoms with Crippen molar-refractivity contribution in [2.24, 2.45) is 5.41 Å². The molecule has 1 N–H and O–H groups in total. The Morgan fingerprint density at radius 3 is 2.50 bits per heavy atom. The lowest BCUT2D eigenvalue weighted by Gasteiger charge is -2.04. The Bertz CT molecular complexity index is 166. The first-order valence-corrected chi connectivity index (χ1v) is 3.27. The van der Waals surface area contributed by atoms with Crippen LogP contribution in [0.2, 0.25) is 0 Å². The van der Waals surface area contributed by atoms with Gasteiger partial charge in [-0.1, -0.05) is 25.6 Å². The third-order valence-corrected chi connectivity index (χ3v) is 0.794. The predicted octanol–water partition coefficient (Wildman–Crippen LogP) is 2.44. The lowest BCUT2D eigenvalue weighted by atomic mass is 9.98. The summed E-state index contributed by atoms with van der Waals surface area (Å²) in [6, 6.07) is 2.59. The van der Waals surface area contributed by atoms with Gasteiger partial charge in [-0.3, -0.25) is 0 Å². The highest BCUT2D eigenvalue weighted by Crippen LogP contribution is 2.12. The van der Waals surface area contributed by atoms with Gasteiger partial charge in [-0.05, 0) is 0 Å². The van der Waals surface area contributed by atoms with Gasteiger partial charge in [-0.25, -0.2) is 0 Å². The molecule has 0 aromatic heterocycles. The van der Waals surface area contributed by atoms with E-state index in [1.54, 1.807) is 0 Å². The Morgan fingerprint density at radius 1 is 1.50 bits per heavy atom. The lowest BCUT2D eigenvalue weighted by Crippen LogP contribution is -2.07. The summed E-state index contributed by atoms with van der Waals surface area (Å²) in [5.41, 5.74) is 0.205. The highest BCUT2D eigenvalue weighted by Gasteiger charge is 2.14. The van der Waals surface area contributed by atoms with Gasteiger partial charge in [0.15, 0.2) is 0 Å². The van der Waals surface area contributed by atoms with Gasteiger partial charge in [0.05, 0.1) is 12.3 Å². The topological polar surface area (TPSA) is 24.6 Å². The quantitative estimate of drug-likeness (QED) is 0.405. The van der Waals surface area contributed by atoms with Crippen LogP contribution in [0.15, 0.2) is 12.3 Å². The van der Waals surface area contributed by atoms with Gasteiger partial charge in [-0.15, -0.1) is 0 Å². The molecule has 2 nitrogen and oxygen atoms in total. The summed E-state index contributed by atoms with van der Waals surface area (Å²) in [6.07, 6.45) is 2.30. The molecule has 0 unspecified atom stereocenters. The highest BCUT2D eigenvalue weighted by atomic mass is 16.2. The van der Waals surface area contributed by atoms with Gasteiger partial charge in [0.1, 0.15) is 0 Å². The Balaban J connectivity index is 3.67. The van der Waals surface area contributed by atoms with Crippen molar-refractivity contribution in [2.75, 3.05) is 6.54 Å². The third kappa shape index (κ3) is 7.03. The van der Waals surface area contributed by atoms with Gasteiger partial charge >= 0.3 is 6.07 Å². The van der Waals surface area contributed by atoms with Gasteiger partial charge in [0.2, 0.25) is 0 Å². The number of aliphatic hydroxyl groups excluding tert-OH is 1. The second kappa shape index (κ2) is 3.94. The minimum Gasteiger partial charge on any atom is -0.515 e. The van der Waals surface area contributed by atoms with E-state index in [-0.39, 0.29) is 5.41 Å². The van der Waals surface area contributed by atoms with Gasteiger partial charge in [0.25, 0.3) is 6.54 Å². The fraction of sp³-hybridized carbons (Fsp3) is 0.625. The first kappa shape index (κ1) is 9.03. The van der Waals surface area contributed by atoms with Crippen molar-refractivity contribution in [1.29, 1.82) is 0 Å². The minimum atomic E-state index is 0.205. The summed E-state index contributed by atoms with van der Waals surface area (Å²) in [5.74, 6) is 0. The molecule has 2 heteroatoms. The summed E-state index contributed by atoms with van der Waals surface area (Å²) in [4.78, 5) is 3.94. The van der Waals surface area contributed by atoms with Crippen molar-refractivity contribution >= 4 is 0 Å². The molecule has 0 rings (SSSR count). The summed E-state index contributed by atoms with van der Waals surface area (Å²) in [7, 11) is 0. The van der Waals surface area contributed by atoms with E-state index in [2.05, 4.69) is 31.7 Å². The molecule has 0 aromatic carbocycles. The van der Waals surface area contributed by atoms with Crippen LogP contribution in [0, 0.1) is 11.5 Å².